The van der Waals surface area contributed by atoms with E-state index in [4.69, 9.17) is 4.74 Å². The van der Waals surface area contributed by atoms with E-state index in [1.807, 2.05) is 5.94 Å². The Morgan fingerprint density at radius 2 is 2.47 bits per heavy atom. The molecule has 5 nitrogen and oxygen atoms in total. The van der Waals surface area contributed by atoms with Gasteiger partial charge in [-0.15, -0.1) is 0 Å². The van der Waals surface area contributed by atoms with Crippen molar-refractivity contribution in [1.29, 1.82) is 0 Å². The van der Waals surface area contributed by atoms with E-state index in [0.29, 0.717) is 5.82 Å². The topological polar surface area (TPSA) is 72.0 Å². The van der Waals surface area contributed by atoms with Crippen LogP contribution in [0.4, 0.5) is 0 Å². The number of hydrogen-bond acceptors (Lipinski definition) is 4. The third-order valence-electron chi connectivity index (χ3n) is 2.64. The van der Waals surface area contributed by atoms with Crippen LogP contribution in [0.2, 0.25) is 0 Å². The third-order valence-corrected chi connectivity index (χ3v) is 2.64. The van der Waals surface area contributed by atoms with Gasteiger partial charge in [-0.3, -0.25) is 0 Å². The highest BCUT2D eigenvalue weighted by Crippen LogP contribution is 2.30. The van der Waals surface area contributed by atoms with Crippen molar-refractivity contribution in [2.24, 2.45) is 0 Å². The molecule has 2 rings (SSSR count). The van der Waals surface area contributed by atoms with E-state index in [2.05, 4.69) is 16.5 Å². The summed E-state index contributed by atoms with van der Waals surface area (Å²) in [5.41, 5.74) is 0.410. The van der Waals surface area contributed by atoms with Gasteiger partial charge in [-0.2, -0.15) is 0 Å². The molecule has 1 unspecified atom stereocenters. The fourth-order valence-electron chi connectivity index (χ4n) is 1.80. The van der Waals surface area contributed by atoms with Crippen LogP contribution < -0.4 is 0 Å². The highest BCUT2D eigenvalue weighted by atomic mass is 16.5. The Labute approximate surface area is 110 Å². The van der Waals surface area contributed by atoms with Crippen molar-refractivity contribution in [2.75, 3.05) is 6.61 Å². The Morgan fingerprint density at radius 3 is 3.11 bits per heavy atom. The molecule has 96 valence electrons. The van der Waals surface area contributed by atoms with Gasteiger partial charge in [0.1, 0.15) is 18.4 Å². The molecule has 1 aromatic heterocycles. The quantitative estimate of drug-likeness (QED) is 0.503. The highest BCUT2D eigenvalue weighted by molar-refractivity contribution is 5.98. The zero-order valence-electron chi connectivity index (χ0n) is 10.1. The summed E-state index contributed by atoms with van der Waals surface area (Å²) in [5.74, 6) is 1.41. The first-order chi connectivity index (χ1) is 9.27. The Kier molecular flexibility index (Phi) is 3.90. The molecule has 0 amide bonds. The number of aromatic nitrogens is 2. The van der Waals surface area contributed by atoms with E-state index in [-0.39, 0.29) is 17.8 Å². The molecule has 0 spiro atoms. The molecule has 0 saturated carbocycles. The second kappa shape index (κ2) is 5.80. The monoisotopic (exact) mass is 256 g/mol. The summed E-state index contributed by atoms with van der Waals surface area (Å²) >= 11 is 0. The van der Waals surface area contributed by atoms with Gasteiger partial charge in [0.2, 0.25) is 0 Å². The van der Waals surface area contributed by atoms with Gasteiger partial charge in [0.15, 0.2) is 0 Å². The summed E-state index contributed by atoms with van der Waals surface area (Å²) in [6.07, 6.45) is 9.69. The second-order valence-electron chi connectivity index (χ2n) is 3.82. The first-order valence-electron chi connectivity index (χ1n) is 5.69. The summed E-state index contributed by atoms with van der Waals surface area (Å²) in [7, 11) is 0. The van der Waals surface area contributed by atoms with Crippen molar-refractivity contribution in [3.05, 3.63) is 60.2 Å². The van der Waals surface area contributed by atoms with Crippen molar-refractivity contribution in [3.8, 4) is 0 Å². The minimum absolute atomic E-state index is 0.0947. The van der Waals surface area contributed by atoms with Gasteiger partial charge in [0, 0.05) is 12.4 Å². The molecule has 0 fully saturated rings. The number of carbonyl (C=O) groups is 1. The van der Waals surface area contributed by atoms with Crippen LogP contribution in [-0.2, 0) is 14.3 Å². The maximum atomic E-state index is 11.8. The largest absolute Gasteiger partial charge is 0.458 e. The molecule has 0 radical (unpaired) electrons. The molecule has 1 aliphatic carbocycles. The zero-order chi connectivity index (χ0) is 13.7. The van der Waals surface area contributed by atoms with E-state index < -0.39 is 11.9 Å². The number of aromatic amines is 1. The number of H-pyrrole nitrogens is 1. The fraction of sp³-hybridized carbons (Fsp3) is 0.143. The van der Waals surface area contributed by atoms with Crippen molar-refractivity contribution in [1.82, 2.24) is 9.97 Å². The maximum Gasteiger partial charge on any atom is 0.339 e. The number of esters is 1. The molecule has 1 aromatic rings. The number of rotatable bonds is 4. The van der Waals surface area contributed by atoms with E-state index in [0.717, 1.165) is 0 Å². The predicted molar refractivity (Wildman–Crippen MR) is 68.9 cm³/mol. The van der Waals surface area contributed by atoms with Crippen LogP contribution in [0.5, 0.6) is 0 Å². The molecule has 1 N–H and O–H groups in total. The van der Waals surface area contributed by atoms with Crippen LogP contribution >= 0.6 is 0 Å². The number of hydrogen-bond donors (Lipinski definition) is 1. The predicted octanol–water partition coefficient (Wildman–Crippen LogP) is 1.48. The summed E-state index contributed by atoms with van der Waals surface area (Å²) in [4.78, 5) is 30.0. The average Bonchev–Trinajstić information content (AvgIpc) is 2.97. The summed E-state index contributed by atoms with van der Waals surface area (Å²) < 4.78 is 4.94. The van der Waals surface area contributed by atoms with Crippen LogP contribution in [0.1, 0.15) is 11.7 Å². The molecular formula is C14H12N2O3. The van der Waals surface area contributed by atoms with E-state index in [1.165, 1.54) is 12.2 Å². The smallest absolute Gasteiger partial charge is 0.339 e. The van der Waals surface area contributed by atoms with Gasteiger partial charge < -0.3 is 9.72 Å². The van der Waals surface area contributed by atoms with Crippen molar-refractivity contribution in [3.63, 3.8) is 0 Å². The highest BCUT2D eigenvalue weighted by Gasteiger charge is 2.27. The lowest BCUT2D eigenvalue weighted by Gasteiger charge is -2.16. The molecule has 0 aliphatic heterocycles. The Balaban J connectivity index is 2.28. The van der Waals surface area contributed by atoms with Gasteiger partial charge in [-0.05, 0) is 6.08 Å². The Bertz CT molecular complexity index is 590. The fourth-order valence-corrected chi connectivity index (χ4v) is 1.80. The summed E-state index contributed by atoms with van der Waals surface area (Å²) in [6.45, 7) is 3.56. The second-order valence-corrected chi connectivity index (χ2v) is 3.82. The number of nitrogens with one attached hydrogen (secondary N) is 1. The van der Waals surface area contributed by atoms with Crippen molar-refractivity contribution >= 4 is 11.9 Å². The summed E-state index contributed by atoms with van der Waals surface area (Å²) in [5, 5.41) is 0. The normalized spacial score (nSPS) is 17.6. The lowest BCUT2D eigenvalue weighted by atomic mass is 9.88. The molecule has 5 heteroatoms. The first-order valence-corrected chi connectivity index (χ1v) is 5.69. The number of nitrogens with zero attached hydrogens (tertiary/aromatic N) is 1. The first kappa shape index (κ1) is 12.8. The van der Waals surface area contributed by atoms with Gasteiger partial charge in [0.05, 0.1) is 17.1 Å². The van der Waals surface area contributed by atoms with Gasteiger partial charge in [-0.1, -0.05) is 24.8 Å². The van der Waals surface area contributed by atoms with E-state index in [9.17, 15) is 9.59 Å². The number of carbonyl (C=O) groups excluding carboxylic acids is 2. The average molecular weight is 256 g/mol. The zero-order valence-corrected chi connectivity index (χ0v) is 10.1. The van der Waals surface area contributed by atoms with Gasteiger partial charge in [-0.25, -0.2) is 14.6 Å². The van der Waals surface area contributed by atoms with Crippen LogP contribution in [0, 0.1) is 0 Å². The maximum absolute atomic E-state index is 11.8. The SMILES string of the molecule is C=CCOC(=O)C1=CC=CC(c2ncc[nH]2)C1=C=O. The minimum atomic E-state index is -0.570. The van der Waals surface area contributed by atoms with Crippen molar-refractivity contribution in [2.45, 2.75) is 5.92 Å². The number of imidazole rings is 1. The summed E-state index contributed by atoms with van der Waals surface area (Å²) in [6, 6.07) is 0. The van der Waals surface area contributed by atoms with E-state index in [1.54, 1.807) is 24.5 Å². The number of allylic oxidation sites excluding steroid dienone is 3. The molecule has 1 heterocycles. The third kappa shape index (κ3) is 2.61. The Morgan fingerprint density at radius 1 is 1.63 bits per heavy atom. The van der Waals surface area contributed by atoms with Gasteiger partial charge >= 0.3 is 5.97 Å². The molecule has 0 aromatic carbocycles. The standard InChI is InChI=1S/C14H12N2O3/c1-2-8-19-14(18)11-5-3-4-10(12(11)9-17)13-15-6-7-16-13/h2-7,10H,1,8H2,(H,15,16). The molecule has 1 aliphatic rings. The molecule has 0 saturated heterocycles. The van der Waals surface area contributed by atoms with Crippen LogP contribution in [0.15, 0.2) is 54.4 Å². The number of ether oxygens (including phenoxy) is 1. The van der Waals surface area contributed by atoms with E-state index >= 15 is 0 Å². The molecular weight excluding hydrogens is 244 g/mol. The molecule has 1 atom stereocenters. The van der Waals surface area contributed by atoms with Crippen LogP contribution in [-0.4, -0.2) is 28.5 Å². The van der Waals surface area contributed by atoms with Crippen molar-refractivity contribution < 1.29 is 14.3 Å². The van der Waals surface area contributed by atoms with Crippen LogP contribution in [0.3, 0.4) is 0 Å². The molecule has 19 heavy (non-hydrogen) atoms. The lowest BCUT2D eigenvalue weighted by molar-refractivity contribution is -0.137. The lowest BCUT2D eigenvalue weighted by Crippen LogP contribution is -2.16. The molecule has 0 bridgehead atoms. The van der Waals surface area contributed by atoms with Gasteiger partial charge in [0.25, 0.3) is 0 Å². The Hall–Kier alpha value is -2.65. The van der Waals surface area contributed by atoms with Crippen LogP contribution in [0.25, 0.3) is 0 Å². The minimum Gasteiger partial charge on any atom is -0.458 e.